The Hall–Kier alpha value is -2.78. The normalized spacial score (nSPS) is 40.2. The molecule has 0 radical (unpaired) electrons. The Kier molecular flexibility index (Phi) is 9.28. The number of benzene rings is 1. The van der Waals surface area contributed by atoms with Gasteiger partial charge in [0.1, 0.15) is 54.6 Å². The molecule has 2 saturated heterocycles. The molecule has 0 spiro atoms. The van der Waals surface area contributed by atoms with Gasteiger partial charge in [-0.25, -0.2) is 0 Å². The number of phenols is 1. The van der Waals surface area contributed by atoms with Crippen LogP contribution in [0.4, 0.5) is 0 Å². The van der Waals surface area contributed by atoms with Crippen LogP contribution in [0.1, 0.15) is 40.5 Å². The fourth-order valence-electron chi connectivity index (χ4n) is 6.04. The van der Waals surface area contributed by atoms with Crippen LogP contribution in [0.3, 0.4) is 0 Å². The van der Waals surface area contributed by atoms with E-state index in [0.29, 0.717) is 0 Å². The van der Waals surface area contributed by atoms with Gasteiger partial charge < -0.3 is 74.7 Å². The minimum Gasteiger partial charge on any atom is -0.504 e. The van der Waals surface area contributed by atoms with Crippen LogP contribution in [0.15, 0.2) is 17.2 Å². The number of ketones is 2. The van der Waals surface area contributed by atoms with Crippen LogP contribution in [-0.2, 0) is 14.2 Å². The molecule has 2 aliphatic heterocycles. The van der Waals surface area contributed by atoms with E-state index in [1.165, 1.54) is 6.92 Å². The molecule has 1 aromatic rings. The number of hydrogen-bond acceptors (Lipinski definition) is 17. The van der Waals surface area contributed by atoms with Gasteiger partial charge in [-0.3, -0.25) is 9.59 Å². The number of methoxy groups -OCH3 is 1. The lowest BCUT2D eigenvalue weighted by Crippen LogP contribution is -2.62. The van der Waals surface area contributed by atoms with Crippen molar-refractivity contribution >= 4 is 11.6 Å². The molecule has 0 amide bonds. The van der Waals surface area contributed by atoms with Gasteiger partial charge in [0.15, 0.2) is 29.4 Å². The van der Waals surface area contributed by atoms with Crippen LogP contribution in [0.5, 0.6) is 17.2 Å². The fourth-order valence-corrected chi connectivity index (χ4v) is 6.04. The Morgan fingerprint density at radius 1 is 0.844 bits per heavy atom. The van der Waals surface area contributed by atoms with E-state index in [1.807, 2.05) is 0 Å². The summed E-state index contributed by atoms with van der Waals surface area (Å²) in [6.07, 6.45) is -19.3. The highest BCUT2D eigenvalue weighted by atomic mass is 16.7. The molecule has 4 aliphatic rings. The average molecular weight is 645 g/mol. The van der Waals surface area contributed by atoms with Gasteiger partial charge in [0.05, 0.1) is 43.2 Å². The first kappa shape index (κ1) is 33.6. The average Bonchev–Trinajstić information content (AvgIpc) is 2.98. The second-order valence-corrected chi connectivity index (χ2v) is 11.8. The molecule has 1 aromatic carbocycles. The van der Waals surface area contributed by atoms with Gasteiger partial charge in [0.25, 0.3) is 0 Å². The lowest BCUT2D eigenvalue weighted by molar-refractivity contribution is -0.323. The Balaban J connectivity index is 1.43. The van der Waals surface area contributed by atoms with E-state index in [4.69, 9.17) is 23.7 Å². The summed E-state index contributed by atoms with van der Waals surface area (Å²) in [6, 6.07) is 1.02. The van der Waals surface area contributed by atoms with Crippen LogP contribution in [-0.4, -0.2) is 156 Å². The van der Waals surface area contributed by atoms with Crippen molar-refractivity contribution in [1.29, 1.82) is 0 Å². The molecule has 0 saturated carbocycles. The number of fused-ring (bicyclic) bond motifs is 1. The Labute approximate surface area is 255 Å². The molecule has 5 rings (SSSR count). The maximum absolute atomic E-state index is 13.7. The van der Waals surface area contributed by atoms with Crippen molar-refractivity contribution < 1.29 is 84.3 Å². The predicted octanol–water partition coefficient (Wildman–Crippen LogP) is -4.01. The Bertz CT molecular complexity index is 1360. The summed E-state index contributed by atoms with van der Waals surface area (Å²) in [7, 11) is 1.15. The zero-order chi connectivity index (χ0) is 33.1. The van der Waals surface area contributed by atoms with Crippen molar-refractivity contribution in [2.75, 3.05) is 20.3 Å². The molecule has 0 aromatic heterocycles. The first-order valence-electron chi connectivity index (χ1n) is 14.1. The SMILES string of the molecule is COc1cc(O[C@@H]2O[C@H](CO[C@@H]3O[C@H](CO)[C@@H](O)[C@H](O)[C@H]3O)[C@@H](O)[C@H](O)[C@H]2O)c2c(c1O)C(=O)C1=C(C2=O)[C@@H](O)C[C@@](C)(O)C1. The van der Waals surface area contributed by atoms with Gasteiger partial charge in [0, 0.05) is 30.1 Å². The largest absolute Gasteiger partial charge is 0.504 e. The van der Waals surface area contributed by atoms with Crippen LogP contribution in [0.25, 0.3) is 0 Å². The molecule has 17 nitrogen and oxygen atoms in total. The molecule has 2 aliphatic carbocycles. The summed E-state index contributed by atoms with van der Waals surface area (Å²) in [6.45, 7) is -0.0126. The highest BCUT2D eigenvalue weighted by Crippen LogP contribution is 2.48. The van der Waals surface area contributed by atoms with E-state index in [1.54, 1.807) is 0 Å². The standard InChI is InChI=1S/C28H36O17/c1-28(40)4-8-14(9(30)5-28)21(35)15-10(3-11(41-2)18(32)16(15)17(8)31)43-27-25(39)23(37)20(34)13(45-27)7-42-26-24(38)22(36)19(33)12(6-29)44-26/h3,9,12-13,19-20,22-27,29-30,32-34,36-40H,4-7H2,1-2H3/t9-,12+,13+,19+,20+,22-,23-,24+,25+,26+,27+,28-/m0/s1. The van der Waals surface area contributed by atoms with Gasteiger partial charge in [0.2, 0.25) is 6.29 Å². The number of carbonyl (C=O) groups excluding carboxylic acids is 2. The number of carbonyl (C=O) groups is 2. The minimum atomic E-state index is -1.96. The van der Waals surface area contributed by atoms with Gasteiger partial charge in [-0.15, -0.1) is 0 Å². The zero-order valence-electron chi connectivity index (χ0n) is 24.1. The van der Waals surface area contributed by atoms with Crippen molar-refractivity contribution in [2.24, 2.45) is 0 Å². The minimum absolute atomic E-state index is 0.205. The molecule has 45 heavy (non-hydrogen) atoms. The highest BCUT2D eigenvalue weighted by molar-refractivity contribution is 6.29. The van der Waals surface area contributed by atoms with Gasteiger partial charge in [-0.05, 0) is 6.92 Å². The lowest BCUT2D eigenvalue weighted by Gasteiger charge is -2.43. The van der Waals surface area contributed by atoms with Gasteiger partial charge in [-0.1, -0.05) is 0 Å². The van der Waals surface area contributed by atoms with Crippen molar-refractivity contribution in [3.05, 3.63) is 28.3 Å². The lowest BCUT2D eigenvalue weighted by atomic mass is 9.71. The summed E-state index contributed by atoms with van der Waals surface area (Å²) in [4.78, 5) is 27.3. The third-order valence-corrected chi connectivity index (χ3v) is 8.46. The van der Waals surface area contributed by atoms with E-state index in [2.05, 4.69) is 0 Å². The molecular weight excluding hydrogens is 608 g/mol. The van der Waals surface area contributed by atoms with Crippen LogP contribution < -0.4 is 9.47 Å². The zero-order valence-corrected chi connectivity index (χ0v) is 24.1. The molecule has 2 heterocycles. The van der Waals surface area contributed by atoms with Crippen molar-refractivity contribution in [3.8, 4) is 17.2 Å². The summed E-state index contributed by atoms with van der Waals surface area (Å²) in [5.74, 6) is -3.31. The number of rotatable bonds is 7. The molecule has 10 N–H and O–H groups in total. The van der Waals surface area contributed by atoms with Crippen LogP contribution in [0, 0.1) is 0 Å². The van der Waals surface area contributed by atoms with E-state index in [-0.39, 0.29) is 29.7 Å². The predicted molar refractivity (Wildman–Crippen MR) is 143 cm³/mol. The summed E-state index contributed by atoms with van der Waals surface area (Å²) < 4.78 is 27.2. The number of hydrogen-bond donors (Lipinski definition) is 10. The van der Waals surface area contributed by atoms with Crippen molar-refractivity contribution in [1.82, 2.24) is 0 Å². The van der Waals surface area contributed by atoms with Crippen LogP contribution >= 0.6 is 0 Å². The Morgan fingerprint density at radius 2 is 1.44 bits per heavy atom. The smallest absolute Gasteiger partial charge is 0.229 e. The van der Waals surface area contributed by atoms with Crippen molar-refractivity contribution in [2.45, 2.75) is 92.9 Å². The molecule has 0 unspecified atom stereocenters. The third kappa shape index (κ3) is 5.84. The number of aliphatic hydroxyl groups excluding tert-OH is 8. The molecule has 2 fully saturated rings. The molecular formula is C28H36O17. The van der Waals surface area contributed by atoms with E-state index in [9.17, 15) is 60.7 Å². The number of ether oxygens (including phenoxy) is 5. The quantitative estimate of drug-likeness (QED) is 0.135. The van der Waals surface area contributed by atoms with E-state index < -0.39 is 121 Å². The number of aliphatic hydroxyl groups is 9. The summed E-state index contributed by atoms with van der Waals surface area (Å²) in [5, 5.41) is 103. The van der Waals surface area contributed by atoms with Gasteiger partial charge in [-0.2, -0.15) is 0 Å². The number of aromatic hydroxyl groups is 1. The first-order chi connectivity index (χ1) is 21.1. The molecule has 250 valence electrons. The second-order valence-electron chi connectivity index (χ2n) is 11.8. The second kappa shape index (κ2) is 12.4. The summed E-state index contributed by atoms with van der Waals surface area (Å²) >= 11 is 0. The van der Waals surface area contributed by atoms with Gasteiger partial charge >= 0.3 is 0 Å². The first-order valence-corrected chi connectivity index (χ1v) is 14.1. The number of Topliss-reactive ketones (excluding diaryl/α,β-unsaturated/α-hetero) is 2. The summed E-state index contributed by atoms with van der Waals surface area (Å²) in [5.41, 5.74) is -3.10. The Morgan fingerprint density at radius 3 is 2.07 bits per heavy atom. The maximum Gasteiger partial charge on any atom is 0.229 e. The fraction of sp³-hybridized carbons (Fsp3) is 0.643. The third-order valence-electron chi connectivity index (χ3n) is 8.46. The van der Waals surface area contributed by atoms with Crippen molar-refractivity contribution in [3.63, 3.8) is 0 Å². The molecule has 12 atom stereocenters. The monoisotopic (exact) mass is 644 g/mol. The molecule has 17 heteroatoms. The molecule has 0 bridgehead atoms. The maximum atomic E-state index is 13.7. The topological polar surface area (TPSA) is 283 Å². The van der Waals surface area contributed by atoms with E-state index in [0.717, 1.165) is 13.2 Å². The number of phenolic OH excluding ortho intramolecular Hbond substituents is 1. The van der Waals surface area contributed by atoms with E-state index >= 15 is 0 Å². The van der Waals surface area contributed by atoms with Crippen LogP contribution in [0.2, 0.25) is 0 Å². The highest BCUT2D eigenvalue weighted by Gasteiger charge is 2.50.